The number of dihydropyridines is 1. The van der Waals surface area contributed by atoms with Gasteiger partial charge in [-0.2, -0.15) is 0 Å². The highest BCUT2D eigenvalue weighted by atomic mass is 31.1. The predicted molar refractivity (Wildman–Crippen MR) is 190 cm³/mol. The average molecular weight is 635 g/mol. The molecule has 0 fully saturated rings. The molecular formula is C38H40N2O3P2. The van der Waals surface area contributed by atoms with Gasteiger partial charge in [0.25, 0.3) is 0 Å². The van der Waals surface area contributed by atoms with E-state index in [9.17, 15) is 0 Å². The standard InChI is InChI=1S/C38H40N2O3P2/c1-27-36(32(25-34(39-27)41-2)44(28-17-9-5-10-18-28)29-19-11-6-12-20-29)37-33(26-35(42-3)40-38(37)43-4)45(30-21-13-7-14-22-30)31-23-15-8-16-24-31/h5-25,27,33,35,37,39H,26H2,1-4H3/t27-,33-,35-,37-/m0/s1. The van der Waals surface area contributed by atoms with Crippen LogP contribution in [0.15, 0.2) is 149 Å². The molecule has 2 aliphatic rings. The van der Waals surface area contributed by atoms with Gasteiger partial charge in [0, 0.05) is 31.3 Å². The fourth-order valence-electron chi connectivity index (χ4n) is 6.50. The molecule has 0 spiro atoms. The molecule has 0 saturated heterocycles. The maximum absolute atomic E-state index is 6.26. The number of aliphatic imine (C=N–C) groups is 1. The summed E-state index contributed by atoms with van der Waals surface area (Å²) < 4.78 is 18.1. The van der Waals surface area contributed by atoms with Crippen molar-refractivity contribution in [2.75, 3.05) is 21.3 Å². The second kappa shape index (κ2) is 14.6. The Morgan fingerprint density at radius 2 is 1.16 bits per heavy atom. The van der Waals surface area contributed by atoms with Gasteiger partial charge in [-0.1, -0.05) is 121 Å². The van der Waals surface area contributed by atoms with Crippen LogP contribution in [-0.2, 0) is 14.2 Å². The molecule has 6 rings (SSSR count). The number of benzene rings is 4. The van der Waals surface area contributed by atoms with E-state index in [2.05, 4.69) is 140 Å². The van der Waals surface area contributed by atoms with E-state index in [0.717, 1.165) is 18.2 Å². The molecule has 0 unspecified atom stereocenters. The van der Waals surface area contributed by atoms with Gasteiger partial charge in [0.2, 0.25) is 0 Å². The van der Waals surface area contributed by atoms with Crippen LogP contribution in [0.1, 0.15) is 13.3 Å². The summed E-state index contributed by atoms with van der Waals surface area (Å²) in [5.41, 5.74) is 1.46. The Kier molecular flexibility index (Phi) is 10.1. The average Bonchev–Trinajstić information content (AvgIpc) is 3.10. The van der Waals surface area contributed by atoms with Crippen molar-refractivity contribution in [1.29, 1.82) is 0 Å². The summed E-state index contributed by atoms with van der Waals surface area (Å²) in [5, 5.41) is 10.2. The van der Waals surface area contributed by atoms with Crippen molar-refractivity contribution < 1.29 is 14.2 Å². The molecule has 0 aliphatic carbocycles. The summed E-state index contributed by atoms with van der Waals surface area (Å²) in [6, 6.07) is 43.6. The van der Waals surface area contributed by atoms with Crippen molar-refractivity contribution in [3.05, 3.63) is 144 Å². The minimum absolute atomic E-state index is 0.0206. The first kappa shape index (κ1) is 31.2. The van der Waals surface area contributed by atoms with Crippen LogP contribution in [0.4, 0.5) is 0 Å². The summed E-state index contributed by atoms with van der Waals surface area (Å²) in [6.45, 7) is 2.24. The van der Waals surface area contributed by atoms with Gasteiger partial charge in [-0.3, -0.25) is 0 Å². The maximum atomic E-state index is 6.26. The molecule has 4 aromatic rings. The molecule has 230 valence electrons. The van der Waals surface area contributed by atoms with E-state index in [1.54, 1.807) is 21.3 Å². The van der Waals surface area contributed by atoms with Crippen molar-refractivity contribution in [2.45, 2.75) is 31.3 Å². The lowest BCUT2D eigenvalue weighted by Crippen LogP contribution is -2.46. The number of methoxy groups -OCH3 is 3. The lowest BCUT2D eigenvalue weighted by Gasteiger charge is -2.44. The van der Waals surface area contributed by atoms with Crippen LogP contribution in [0, 0.1) is 5.92 Å². The van der Waals surface area contributed by atoms with E-state index < -0.39 is 15.8 Å². The van der Waals surface area contributed by atoms with E-state index in [4.69, 9.17) is 19.2 Å². The minimum Gasteiger partial charge on any atom is -0.484 e. The lowest BCUT2D eigenvalue weighted by atomic mass is 9.85. The summed E-state index contributed by atoms with van der Waals surface area (Å²) in [6.07, 6.45) is 2.72. The number of nitrogens with zero attached hydrogens (tertiary/aromatic N) is 1. The van der Waals surface area contributed by atoms with Gasteiger partial charge in [-0.05, 0) is 54.9 Å². The smallest absolute Gasteiger partial charge is 0.193 e. The first-order chi connectivity index (χ1) is 22.1. The molecule has 0 amide bonds. The summed E-state index contributed by atoms with van der Waals surface area (Å²) in [5.74, 6) is 1.41. The van der Waals surface area contributed by atoms with Crippen LogP contribution in [0.5, 0.6) is 0 Å². The first-order valence-corrected chi connectivity index (χ1v) is 18.1. The minimum atomic E-state index is -0.929. The molecule has 0 saturated carbocycles. The Balaban J connectivity index is 1.64. The molecule has 2 aliphatic heterocycles. The molecule has 45 heavy (non-hydrogen) atoms. The monoisotopic (exact) mass is 634 g/mol. The first-order valence-electron chi connectivity index (χ1n) is 15.3. The van der Waals surface area contributed by atoms with Crippen LogP contribution in [0.25, 0.3) is 0 Å². The highest BCUT2D eigenvalue weighted by Gasteiger charge is 2.46. The Hall–Kier alpha value is -3.75. The molecule has 4 aromatic carbocycles. The van der Waals surface area contributed by atoms with Gasteiger partial charge in [-0.15, -0.1) is 0 Å². The number of nitrogens with one attached hydrogen (secondary N) is 1. The molecule has 1 N–H and O–H groups in total. The largest absolute Gasteiger partial charge is 0.484 e. The van der Waals surface area contributed by atoms with Gasteiger partial charge in [0.05, 0.1) is 20.1 Å². The van der Waals surface area contributed by atoms with Gasteiger partial charge < -0.3 is 19.5 Å². The summed E-state index contributed by atoms with van der Waals surface area (Å²) in [7, 11) is 3.48. The SMILES string of the molecule is COC1=CC(P(c2ccccc2)c2ccccc2)=C([C@H]2C(OC)=N[C@@H](OC)C[C@@H]2P(c2ccccc2)c2ccccc2)[C@H](C)N1. The van der Waals surface area contributed by atoms with Crippen molar-refractivity contribution >= 4 is 43.0 Å². The Labute approximate surface area is 269 Å². The molecule has 4 atom stereocenters. The second-order valence-corrected chi connectivity index (χ2v) is 15.7. The number of ether oxygens (including phenoxy) is 3. The number of allylic oxidation sites excluding steroid dienone is 2. The third-order valence-corrected chi connectivity index (χ3v) is 13.8. The molecule has 5 nitrogen and oxygen atoms in total. The van der Waals surface area contributed by atoms with Crippen molar-refractivity contribution in [3.8, 4) is 0 Å². The van der Waals surface area contributed by atoms with Gasteiger partial charge in [-0.25, -0.2) is 4.99 Å². The molecule has 0 bridgehead atoms. The molecular weight excluding hydrogens is 594 g/mol. The van der Waals surface area contributed by atoms with E-state index in [0.29, 0.717) is 0 Å². The van der Waals surface area contributed by atoms with Gasteiger partial charge >= 0.3 is 0 Å². The lowest BCUT2D eigenvalue weighted by molar-refractivity contribution is 0.0897. The van der Waals surface area contributed by atoms with Crippen LogP contribution in [0.3, 0.4) is 0 Å². The van der Waals surface area contributed by atoms with E-state index in [1.807, 2.05) is 0 Å². The summed E-state index contributed by atoms with van der Waals surface area (Å²) in [4.78, 5) is 5.08. The van der Waals surface area contributed by atoms with E-state index in [1.165, 1.54) is 32.1 Å². The zero-order valence-corrected chi connectivity index (χ0v) is 28.0. The zero-order chi connectivity index (χ0) is 31.2. The van der Waals surface area contributed by atoms with Crippen LogP contribution in [0.2, 0.25) is 0 Å². The van der Waals surface area contributed by atoms with E-state index in [-0.39, 0.29) is 23.8 Å². The van der Waals surface area contributed by atoms with Gasteiger partial charge in [0.1, 0.15) is 0 Å². The molecule has 0 aromatic heterocycles. The van der Waals surface area contributed by atoms with Crippen LogP contribution < -0.4 is 26.5 Å². The molecule has 2 heterocycles. The molecule has 0 radical (unpaired) electrons. The van der Waals surface area contributed by atoms with Crippen molar-refractivity contribution in [2.24, 2.45) is 10.9 Å². The van der Waals surface area contributed by atoms with E-state index >= 15 is 0 Å². The van der Waals surface area contributed by atoms with Crippen LogP contribution in [-0.4, -0.2) is 45.2 Å². The third kappa shape index (κ3) is 6.63. The topological polar surface area (TPSA) is 52.1 Å². The number of hydrogen-bond donors (Lipinski definition) is 1. The molecule has 7 heteroatoms. The quantitative estimate of drug-likeness (QED) is 0.217. The number of rotatable bonds is 9. The normalized spacial score (nSPS) is 21.6. The fourth-order valence-corrected chi connectivity index (χ4v) is 12.2. The highest BCUT2D eigenvalue weighted by Crippen LogP contribution is 2.55. The predicted octanol–water partition coefficient (Wildman–Crippen LogP) is 6.39. The Bertz CT molecular complexity index is 1570. The Morgan fingerprint density at radius 3 is 1.60 bits per heavy atom. The van der Waals surface area contributed by atoms with Gasteiger partial charge in [0.15, 0.2) is 18.0 Å². The highest BCUT2D eigenvalue weighted by molar-refractivity contribution is 7.77. The third-order valence-electron chi connectivity index (χ3n) is 8.46. The van der Waals surface area contributed by atoms with Crippen molar-refractivity contribution in [3.63, 3.8) is 0 Å². The zero-order valence-electron chi connectivity index (χ0n) is 26.2. The second-order valence-electron chi connectivity index (χ2n) is 11.1. The van der Waals surface area contributed by atoms with Crippen LogP contribution >= 0.6 is 15.8 Å². The van der Waals surface area contributed by atoms with Crippen molar-refractivity contribution in [1.82, 2.24) is 5.32 Å². The fraction of sp³-hybridized carbons (Fsp3) is 0.237. The Morgan fingerprint density at radius 1 is 0.667 bits per heavy atom. The maximum Gasteiger partial charge on any atom is 0.193 e. The number of hydrogen-bond acceptors (Lipinski definition) is 5. The summed E-state index contributed by atoms with van der Waals surface area (Å²) >= 11 is 0.